The number of carbonyl (C=O) groups is 2. The number of nitrogens with one attached hydrogen (secondary N) is 1. The zero-order valence-corrected chi connectivity index (χ0v) is 16.4. The number of hydrogen-bond donors (Lipinski definition) is 1. The standard InChI is InChI=1S/C21H18N4O4/c1-12-17(20(26)28-3)19(18(13(2)25-12)21(27)29-4)15-5-7-16(8-6-15)24-11-14(9-22)10-23/h5-8,11,24H,1-4H3. The van der Waals surface area contributed by atoms with Crippen LogP contribution in [0, 0.1) is 36.5 Å². The van der Waals surface area contributed by atoms with Crippen LogP contribution < -0.4 is 5.32 Å². The maximum atomic E-state index is 12.4. The van der Waals surface area contributed by atoms with Gasteiger partial charge in [0.05, 0.1) is 36.7 Å². The number of benzene rings is 1. The van der Waals surface area contributed by atoms with Crippen molar-refractivity contribution in [3.05, 3.63) is 58.6 Å². The molecule has 2 rings (SSSR count). The van der Waals surface area contributed by atoms with Crippen LogP contribution in [0.15, 0.2) is 36.0 Å². The number of nitrogens with zero attached hydrogens (tertiary/aromatic N) is 3. The summed E-state index contributed by atoms with van der Waals surface area (Å²) in [6, 6.07) is 10.3. The summed E-state index contributed by atoms with van der Waals surface area (Å²) in [5.74, 6) is -1.24. The van der Waals surface area contributed by atoms with Gasteiger partial charge >= 0.3 is 11.9 Å². The van der Waals surface area contributed by atoms with E-state index in [0.29, 0.717) is 28.2 Å². The van der Waals surface area contributed by atoms with E-state index >= 15 is 0 Å². The second kappa shape index (κ2) is 9.16. The highest BCUT2D eigenvalue weighted by atomic mass is 16.5. The predicted molar refractivity (Wildman–Crippen MR) is 105 cm³/mol. The van der Waals surface area contributed by atoms with Gasteiger partial charge in [-0.15, -0.1) is 0 Å². The topological polar surface area (TPSA) is 125 Å². The molecule has 0 aliphatic carbocycles. The van der Waals surface area contributed by atoms with Gasteiger partial charge in [-0.3, -0.25) is 4.98 Å². The predicted octanol–water partition coefficient (Wildman–Crippen LogP) is 3.28. The molecule has 0 unspecified atom stereocenters. The van der Waals surface area contributed by atoms with Crippen molar-refractivity contribution in [3.63, 3.8) is 0 Å². The molecular formula is C21H18N4O4. The number of ether oxygens (including phenoxy) is 2. The Bertz CT molecular complexity index is 1020. The third-order valence-electron chi connectivity index (χ3n) is 4.14. The summed E-state index contributed by atoms with van der Waals surface area (Å²) in [6.07, 6.45) is 1.29. The van der Waals surface area contributed by atoms with Crippen LogP contribution in [0.5, 0.6) is 0 Å². The van der Waals surface area contributed by atoms with Gasteiger partial charge < -0.3 is 14.8 Å². The summed E-state index contributed by atoms with van der Waals surface area (Å²) >= 11 is 0. The Morgan fingerprint density at radius 1 is 0.966 bits per heavy atom. The lowest BCUT2D eigenvalue weighted by Gasteiger charge is -2.17. The maximum absolute atomic E-state index is 12.4. The van der Waals surface area contributed by atoms with Gasteiger partial charge in [-0.1, -0.05) is 12.1 Å². The van der Waals surface area contributed by atoms with Crippen LogP contribution in [-0.4, -0.2) is 31.1 Å². The fourth-order valence-electron chi connectivity index (χ4n) is 2.82. The summed E-state index contributed by atoms with van der Waals surface area (Å²) < 4.78 is 9.78. The van der Waals surface area contributed by atoms with Crippen molar-refractivity contribution in [1.82, 2.24) is 4.98 Å². The molecule has 8 nitrogen and oxygen atoms in total. The maximum Gasteiger partial charge on any atom is 0.340 e. The molecule has 0 fully saturated rings. The molecule has 1 N–H and O–H groups in total. The molecular weight excluding hydrogens is 372 g/mol. The van der Waals surface area contributed by atoms with Gasteiger partial charge in [0.2, 0.25) is 0 Å². The van der Waals surface area contributed by atoms with Crippen molar-refractivity contribution in [2.75, 3.05) is 19.5 Å². The largest absolute Gasteiger partial charge is 0.465 e. The van der Waals surface area contributed by atoms with Gasteiger partial charge in [0.1, 0.15) is 17.7 Å². The van der Waals surface area contributed by atoms with Crippen molar-refractivity contribution in [3.8, 4) is 23.3 Å². The molecule has 1 aromatic carbocycles. The monoisotopic (exact) mass is 390 g/mol. The molecule has 0 aliphatic rings. The number of allylic oxidation sites excluding steroid dienone is 1. The van der Waals surface area contributed by atoms with Crippen LogP contribution in [-0.2, 0) is 9.47 Å². The zero-order chi connectivity index (χ0) is 21.6. The molecule has 0 amide bonds. The highest BCUT2D eigenvalue weighted by Crippen LogP contribution is 2.33. The van der Waals surface area contributed by atoms with Crippen molar-refractivity contribution in [2.45, 2.75) is 13.8 Å². The first-order valence-electron chi connectivity index (χ1n) is 8.43. The van der Waals surface area contributed by atoms with Gasteiger partial charge in [-0.2, -0.15) is 10.5 Å². The summed E-state index contributed by atoms with van der Waals surface area (Å²) in [7, 11) is 2.51. The van der Waals surface area contributed by atoms with Gasteiger partial charge in [0.25, 0.3) is 0 Å². The number of anilines is 1. The lowest BCUT2D eigenvalue weighted by atomic mass is 9.92. The summed E-state index contributed by atoms with van der Waals surface area (Å²) in [6.45, 7) is 3.33. The van der Waals surface area contributed by atoms with E-state index in [1.54, 1.807) is 50.3 Å². The Morgan fingerprint density at radius 2 is 1.45 bits per heavy atom. The van der Waals surface area contributed by atoms with Crippen LogP contribution >= 0.6 is 0 Å². The Labute approximate surface area is 168 Å². The lowest BCUT2D eigenvalue weighted by molar-refractivity contribution is 0.0599. The second-order valence-electron chi connectivity index (χ2n) is 5.89. The Balaban J connectivity index is 2.65. The summed E-state index contributed by atoms with van der Waals surface area (Å²) in [5.41, 5.74) is 2.68. The van der Waals surface area contributed by atoms with E-state index in [1.807, 2.05) is 0 Å². The Hall–Kier alpha value is -4.17. The van der Waals surface area contributed by atoms with E-state index in [4.69, 9.17) is 20.0 Å². The van der Waals surface area contributed by atoms with Gasteiger partial charge in [-0.05, 0) is 31.5 Å². The first kappa shape index (κ1) is 21.1. The molecule has 0 saturated carbocycles. The van der Waals surface area contributed by atoms with Crippen LogP contribution in [0.25, 0.3) is 11.1 Å². The van der Waals surface area contributed by atoms with E-state index in [1.165, 1.54) is 20.4 Å². The number of esters is 2. The quantitative estimate of drug-likeness (QED) is 0.609. The highest BCUT2D eigenvalue weighted by molar-refractivity contribution is 6.07. The molecule has 0 spiro atoms. The average Bonchev–Trinajstić information content (AvgIpc) is 2.73. The third kappa shape index (κ3) is 4.40. The van der Waals surface area contributed by atoms with E-state index in [2.05, 4.69) is 10.3 Å². The Morgan fingerprint density at radius 3 is 1.86 bits per heavy atom. The third-order valence-corrected chi connectivity index (χ3v) is 4.14. The minimum atomic E-state index is -0.618. The van der Waals surface area contributed by atoms with Crippen LogP contribution in [0.3, 0.4) is 0 Å². The van der Waals surface area contributed by atoms with Crippen molar-refractivity contribution < 1.29 is 19.1 Å². The van der Waals surface area contributed by atoms with Crippen LogP contribution in [0.4, 0.5) is 5.69 Å². The summed E-state index contributed by atoms with van der Waals surface area (Å²) in [5, 5.41) is 20.4. The number of pyridine rings is 1. The van der Waals surface area contributed by atoms with E-state index in [-0.39, 0.29) is 16.7 Å². The van der Waals surface area contributed by atoms with E-state index < -0.39 is 11.9 Å². The molecule has 29 heavy (non-hydrogen) atoms. The van der Waals surface area contributed by atoms with E-state index in [0.717, 1.165) is 0 Å². The molecule has 0 radical (unpaired) electrons. The van der Waals surface area contributed by atoms with Crippen molar-refractivity contribution in [1.29, 1.82) is 10.5 Å². The zero-order valence-electron chi connectivity index (χ0n) is 16.4. The fourth-order valence-corrected chi connectivity index (χ4v) is 2.82. The van der Waals surface area contributed by atoms with Crippen LogP contribution in [0.1, 0.15) is 32.1 Å². The number of aryl methyl sites for hydroxylation is 2. The fraction of sp³-hybridized carbons (Fsp3) is 0.190. The number of carbonyl (C=O) groups excluding carboxylic acids is 2. The number of nitriles is 2. The average molecular weight is 390 g/mol. The van der Waals surface area contributed by atoms with Crippen LogP contribution in [0.2, 0.25) is 0 Å². The molecule has 0 bridgehead atoms. The normalized spacial score (nSPS) is 9.59. The number of rotatable bonds is 5. The van der Waals surface area contributed by atoms with Crippen molar-refractivity contribution in [2.24, 2.45) is 0 Å². The Kier molecular flexibility index (Phi) is 6.67. The van der Waals surface area contributed by atoms with Crippen molar-refractivity contribution >= 4 is 17.6 Å². The minimum absolute atomic E-state index is 0.0737. The molecule has 146 valence electrons. The molecule has 0 aliphatic heterocycles. The van der Waals surface area contributed by atoms with Gasteiger partial charge in [0, 0.05) is 17.5 Å². The molecule has 0 atom stereocenters. The second-order valence-corrected chi connectivity index (χ2v) is 5.89. The molecule has 8 heteroatoms. The highest BCUT2D eigenvalue weighted by Gasteiger charge is 2.27. The smallest absolute Gasteiger partial charge is 0.340 e. The summed E-state index contributed by atoms with van der Waals surface area (Å²) in [4.78, 5) is 29.1. The molecule has 0 saturated heterocycles. The van der Waals surface area contributed by atoms with Gasteiger partial charge in [-0.25, -0.2) is 9.59 Å². The van der Waals surface area contributed by atoms with Gasteiger partial charge in [0.15, 0.2) is 0 Å². The first-order valence-corrected chi connectivity index (χ1v) is 8.43. The molecule has 1 aromatic heterocycles. The lowest BCUT2D eigenvalue weighted by Crippen LogP contribution is -2.16. The number of hydrogen-bond acceptors (Lipinski definition) is 8. The minimum Gasteiger partial charge on any atom is -0.465 e. The number of methoxy groups -OCH3 is 2. The number of aromatic nitrogens is 1. The SMILES string of the molecule is COC(=O)c1c(C)nc(C)c(C(=O)OC)c1-c1ccc(NC=C(C#N)C#N)cc1. The first-order chi connectivity index (χ1) is 13.9. The molecule has 1 heterocycles. The molecule has 2 aromatic rings. The van der Waals surface area contributed by atoms with E-state index in [9.17, 15) is 9.59 Å².